The molecule has 1 amide bonds. The van der Waals surface area contributed by atoms with Crippen molar-refractivity contribution in [3.05, 3.63) is 103 Å². The molecule has 32 heavy (non-hydrogen) atoms. The van der Waals surface area contributed by atoms with Gasteiger partial charge in [0.15, 0.2) is 0 Å². The number of anilines is 5. The van der Waals surface area contributed by atoms with Gasteiger partial charge in [-0.2, -0.15) is 0 Å². The Morgan fingerprint density at radius 1 is 0.781 bits per heavy atom. The van der Waals surface area contributed by atoms with Crippen molar-refractivity contribution in [2.24, 2.45) is 0 Å². The zero-order chi connectivity index (χ0) is 22.2. The van der Waals surface area contributed by atoms with Gasteiger partial charge in [0.05, 0.1) is 0 Å². The first-order valence-corrected chi connectivity index (χ1v) is 9.76. The van der Waals surface area contributed by atoms with Crippen molar-refractivity contribution >= 4 is 40.8 Å². The number of carbonyl (C=O) groups is 1. The van der Waals surface area contributed by atoms with Crippen molar-refractivity contribution in [1.29, 1.82) is 0 Å². The number of nitrogens with zero attached hydrogens (tertiary/aromatic N) is 3. The van der Waals surface area contributed by atoms with Gasteiger partial charge in [0.2, 0.25) is 5.91 Å². The van der Waals surface area contributed by atoms with Gasteiger partial charge < -0.3 is 16.0 Å². The number of halogens is 1. The number of aromatic nitrogens is 3. The molecule has 2 aromatic heterocycles. The first kappa shape index (κ1) is 20.7. The zero-order valence-corrected chi connectivity index (χ0v) is 16.9. The number of carbonyl (C=O) groups excluding carboxylic acids is 1. The Labute approximate surface area is 184 Å². The average molecular weight is 426 g/mol. The SMILES string of the molecule is O=C(/C=C/c1ccccc1F)Nc1ccc(Nc2cc(Nc3ccccn3)ncn2)cc1. The lowest BCUT2D eigenvalue weighted by Gasteiger charge is -2.09. The molecule has 0 aliphatic rings. The van der Waals surface area contributed by atoms with Crippen LogP contribution in [0.2, 0.25) is 0 Å². The number of amides is 1. The Bertz CT molecular complexity index is 1230. The van der Waals surface area contributed by atoms with Crippen molar-refractivity contribution in [3.8, 4) is 0 Å². The molecule has 0 unspecified atom stereocenters. The van der Waals surface area contributed by atoms with Crippen LogP contribution in [0.1, 0.15) is 5.56 Å². The van der Waals surface area contributed by atoms with E-state index in [0.29, 0.717) is 28.7 Å². The van der Waals surface area contributed by atoms with E-state index in [0.717, 1.165) is 5.69 Å². The summed E-state index contributed by atoms with van der Waals surface area (Å²) >= 11 is 0. The third kappa shape index (κ3) is 5.73. The molecule has 7 nitrogen and oxygen atoms in total. The van der Waals surface area contributed by atoms with Crippen LogP contribution in [-0.4, -0.2) is 20.9 Å². The molecule has 0 radical (unpaired) electrons. The lowest BCUT2D eigenvalue weighted by atomic mass is 10.2. The van der Waals surface area contributed by atoms with E-state index in [1.165, 1.54) is 24.5 Å². The van der Waals surface area contributed by atoms with Crippen LogP contribution < -0.4 is 16.0 Å². The van der Waals surface area contributed by atoms with Crippen LogP contribution in [0.3, 0.4) is 0 Å². The summed E-state index contributed by atoms with van der Waals surface area (Å²) in [7, 11) is 0. The van der Waals surface area contributed by atoms with Gasteiger partial charge in [-0.05, 0) is 48.5 Å². The minimum Gasteiger partial charge on any atom is -0.340 e. The molecular formula is C24H19FN6O. The van der Waals surface area contributed by atoms with E-state index in [4.69, 9.17) is 0 Å². The van der Waals surface area contributed by atoms with Gasteiger partial charge in [-0.1, -0.05) is 24.3 Å². The Morgan fingerprint density at radius 2 is 1.50 bits per heavy atom. The molecule has 0 aliphatic heterocycles. The fraction of sp³-hybridized carbons (Fsp3) is 0. The maximum atomic E-state index is 13.6. The normalized spacial score (nSPS) is 10.7. The number of hydrogen-bond acceptors (Lipinski definition) is 6. The summed E-state index contributed by atoms with van der Waals surface area (Å²) in [6.45, 7) is 0. The first-order valence-electron chi connectivity index (χ1n) is 9.76. The lowest BCUT2D eigenvalue weighted by molar-refractivity contribution is -0.111. The van der Waals surface area contributed by atoms with Gasteiger partial charge >= 0.3 is 0 Å². The van der Waals surface area contributed by atoms with Crippen molar-refractivity contribution < 1.29 is 9.18 Å². The molecular weight excluding hydrogens is 407 g/mol. The summed E-state index contributed by atoms with van der Waals surface area (Å²) in [6, 6.07) is 20.7. The third-order valence-electron chi connectivity index (χ3n) is 4.33. The fourth-order valence-electron chi connectivity index (χ4n) is 2.81. The molecule has 0 aliphatic carbocycles. The van der Waals surface area contributed by atoms with E-state index in [-0.39, 0.29) is 11.7 Å². The number of benzene rings is 2. The van der Waals surface area contributed by atoms with Crippen LogP contribution >= 0.6 is 0 Å². The minimum atomic E-state index is -0.380. The largest absolute Gasteiger partial charge is 0.340 e. The van der Waals surface area contributed by atoms with Crippen molar-refractivity contribution in [2.45, 2.75) is 0 Å². The molecule has 0 spiro atoms. The van der Waals surface area contributed by atoms with Gasteiger partial charge in [-0.3, -0.25) is 4.79 Å². The van der Waals surface area contributed by atoms with Crippen molar-refractivity contribution in [1.82, 2.24) is 15.0 Å². The molecule has 4 rings (SSSR count). The summed E-state index contributed by atoms with van der Waals surface area (Å²) < 4.78 is 13.6. The van der Waals surface area contributed by atoms with Crippen LogP contribution in [0.5, 0.6) is 0 Å². The summed E-state index contributed by atoms with van der Waals surface area (Å²) in [4.78, 5) is 24.7. The molecule has 0 atom stereocenters. The van der Waals surface area contributed by atoms with Crippen LogP contribution in [0.25, 0.3) is 6.08 Å². The van der Waals surface area contributed by atoms with Gasteiger partial charge in [-0.25, -0.2) is 19.3 Å². The quantitative estimate of drug-likeness (QED) is 0.354. The molecule has 0 saturated heterocycles. The average Bonchev–Trinajstić information content (AvgIpc) is 2.81. The fourth-order valence-corrected chi connectivity index (χ4v) is 2.81. The third-order valence-corrected chi connectivity index (χ3v) is 4.33. The highest BCUT2D eigenvalue weighted by Crippen LogP contribution is 2.20. The zero-order valence-electron chi connectivity index (χ0n) is 16.9. The van der Waals surface area contributed by atoms with E-state index < -0.39 is 0 Å². The van der Waals surface area contributed by atoms with Crippen LogP contribution in [0.4, 0.5) is 33.2 Å². The molecule has 0 saturated carbocycles. The molecule has 0 bridgehead atoms. The number of pyridine rings is 1. The summed E-state index contributed by atoms with van der Waals surface area (Å²) in [5.41, 5.74) is 1.75. The van der Waals surface area contributed by atoms with Gasteiger partial charge in [-0.15, -0.1) is 0 Å². The maximum absolute atomic E-state index is 13.6. The molecule has 158 valence electrons. The standard InChI is InChI=1S/C24H19FN6O/c25-20-6-2-1-5-17(20)8-13-24(32)30-19-11-9-18(10-12-19)29-22-15-23(28-16-27-22)31-21-7-3-4-14-26-21/h1-16H,(H,30,32)(H2,26,27,28,29,31)/b13-8+. The van der Waals surface area contributed by atoms with E-state index >= 15 is 0 Å². The lowest BCUT2D eigenvalue weighted by Crippen LogP contribution is -2.07. The molecule has 4 aromatic rings. The van der Waals surface area contributed by atoms with E-state index in [2.05, 4.69) is 30.9 Å². The molecule has 3 N–H and O–H groups in total. The minimum absolute atomic E-state index is 0.351. The Balaban J connectivity index is 1.35. The predicted octanol–water partition coefficient (Wildman–Crippen LogP) is 5.15. The molecule has 2 heterocycles. The molecule has 0 fully saturated rings. The van der Waals surface area contributed by atoms with Gasteiger partial charge in [0.1, 0.15) is 29.6 Å². The maximum Gasteiger partial charge on any atom is 0.248 e. The smallest absolute Gasteiger partial charge is 0.248 e. The Morgan fingerprint density at radius 3 is 2.25 bits per heavy atom. The van der Waals surface area contributed by atoms with Crippen molar-refractivity contribution in [3.63, 3.8) is 0 Å². The summed E-state index contributed by atoms with van der Waals surface area (Å²) in [5, 5.41) is 9.03. The second kappa shape index (κ2) is 9.94. The highest BCUT2D eigenvalue weighted by Gasteiger charge is 2.03. The summed E-state index contributed by atoms with van der Waals surface area (Å²) in [5.74, 6) is 1.15. The van der Waals surface area contributed by atoms with Gasteiger partial charge in [0.25, 0.3) is 0 Å². The van der Waals surface area contributed by atoms with E-state index in [1.54, 1.807) is 42.6 Å². The number of hydrogen-bond donors (Lipinski definition) is 3. The molecule has 8 heteroatoms. The van der Waals surface area contributed by atoms with E-state index in [1.807, 2.05) is 30.3 Å². The second-order valence-electron chi connectivity index (χ2n) is 6.67. The Hall–Kier alpha value is -4.59. The van der Waals surface area contributed by atoms with Crippen LogP contribution in [0, 0.1) is 5.82 Å². The highest BCUT2D eigenvalue weighted by molar-refractivity contribution is 6.02. The van der Waals surface area contributed by atoms with Crippen LogP contribution in [0.15, 0.2) is 91.4 Å². The van der Waals surface area contributed by atoms with Crippen molar-refractivity contribution in [2.75, 3.05) is 16.0 Å². The summed E-state index contributed by atoms with van der Waals surface area (Å²) in [6.07, 6.45) is 5.87. The van der Waals surface area contributed by atoms with Gasteiger partial charge in [0, 0.05) is 35.3 Å². The monoisotopic (exact) mass is 426 g/mol. The first-order chi connectivity index (χ1) is 15.7. The Kier molecular flexibility index (Phi) is 6.42. The predicted molar refractivity (Wildman–Crippen MR) is 123 cm³/mol. The van der Waals surface area contributed by atoms with Crippen LogP contribution in [-0.2, 0) is 4.79 Å². The molecule has 2 aromatic carbocycles. The number of nitrogens with one attached hydrogen (secondary N) is 3. The second-order valence-corrected chi connectivity index (χ2v) is 6.67. The van der Waals surface area contributed by atoms with E-state index in [9.17, 15) is 9.18 Å². The number of rotatable bonds is 7. The highest BCUT2D eigenvalue weighted by atomic mass is 19.1. The topological polar surface area (TPSA) is 91.8 Å².